The van der Waals surface area contributed by atoms with Gasteiger partial charge in [-0.25, -0.2) is 0 Å². The van der Waals surface area contributed by atoms with Gasteiger partial charge in [-0.3, -0.25) is 14.8 Å². The summed E-state index contributed by atoms with van der Waals surface area (Å²) >= 11 is 6.96. The van der Waals surface area contributed by atoms with Crippen LogP contribution in [0.3, 0.4) is 0 Å². The molecule has 16 heavy (non-hydrogen) atoms. The minimum Gasteiger partial charge on any atom is -0.258 e. The first-order valence-corrected chi connectivity index (χ1v) is 6.52. The van der Waals surface area contributed by atoms with Gasteiger partial charge < -0.3 is 0 Å². The maximum Gasteiger partial charge on any atom is 0.323 e. The number of thioether (sulfide) groups is 1. The van der Waals surface area contributed by atoms with Crippen LogP contribution in [0.15, 0.2) is 5.03 Å². The summed E-state index contributed by atoms with van der Waals surface area (Å²) in [6.07, 6.45) is 1.48. The number of hydrogen-bond acceptors (Lipinski definition) is 4. The third-order valence-corrected chi connectivity index (χ3v) is 3.58. The Kier molecular flexibility index (Phi) is 5.08. The van der Waals surface area contributed by atoms with Gasteiger partial charge in [0.15, 0.2) is 5.03 Å². The molecule has 0 fully saturated rings. The van der Waals surface area contributed by atoms with Gasteiger partial charge in [0.25, 0.3) is 0 Å². The summed E-state index contributed by atoms with van der Waals surface area (Å²) in [5.41, 5.74) is 0.700. The molecule has 5 nitrogen and oxygen atoms in total. The van der Waals surface area contributed by atoms with Crippen molar-refractivity contribution in [2.24, 2.45) is 7.05 Å². The van der Waals surface area contributed by atoms with Gasteiger partial charge in [0.1, 0.15) is 5.69 Å². The third kappa shape index (κ3) is 2.89. The number of halogens is 1. The first-order chi connectivity index (χ1) is 7.61. The lowest BCUT2D eigenvalue weighted by molar-refractivity contribution is -0.388. The molecule has 7 heteroatoms. The summed E-state index contributed by atoms with van der Waals surface area (Å²) < 4.78 is 1.57. The van der Waals surface area contributed by atoms with Gasteiger partial charge in [-0.1, -0.05) is 25.1 Å². The van der Waals surface area contributed by atoms with Crippen LogP contribution >= 0.6 is 23.4 Å². The van der Waals surface area contributed by atoms with E-state index in [-0.39, 0.29) is 10.6 Å². The van der Waals surface area contributed by atoms with Crippen LogP contribution in [0.2, 0.25) is 0 Å². The molecule has 0 unspecified atom stereocenters. The van der Waals surface area contributed by atoms with Crippen molar-refractivity contribution < 1.29 is 4.92 Å². The van der Waals surface area contributed by atoms with Crippen molar-refractivity contribution in [2.45, 2.75) is 24.8 Å². The molecule has 1 aromatic heterocycles. The van der Waals surface area contributed by atoms with Crippen molar-refractivity contribution in [2.75, 3.05) is 11.6 Å². The van der Waals surface area contributed by atoms with E-state index < -0.39 is 0 Å². The van der Waals surface area contributed by atoms with Gasteiger partial charge in [-0.2, -0.15) is 5.10 Å². The van der Waals surface area contributed by atoms with Gasteiger partial charge in [0.2, 0.25) is 0 Å². The molecule has 0 aliphatic heterocycles. The molecule has 0 aromatic carbocycles. The number of rotatable bonds is 6. The van der Waals surface area contributed by atoms with Crippen LogP contribution in [0.4, 0.5) is 5.69 Å². The van der Waals surface area contributed by atoms with Crippen molar-refractivity contribution in [3.05, 3.63) is 15.8 Å². The molecule has 0 aliphatic rings. The van der Waals surface area contributed by atoms with Crippen molar-refractivity contribution in [3.8, 4) is 0 Å². The Labute approximate surface area is 103 Å². The fourth-order valence-corrected chi connectivity index (χ4v) is 2.49. The predicted molar refractivity (Wildman–Crippen MR) is 65.3 cm³/mol. The van der Waals surface area contributed by atoms with Gasteiger partial charge in [0.05, 0.1) is 4.92 Å². The van der Waals surface area contributed by atoms with E-state index in [1.165, 1.54) is 11.8 Å². The van der Waals surface area contributed by atoms with E-state index in [2.05, 4.69) is 5.10 Å². The minimum atomic E-state index is -0.353. The largest absolute Gasteiger partial charge is 0.323 e. The average molecular weight is 264 g/mol. The zero-order valence-electron chi connectivity index (χ0n) is 9.27. The summed E-state index contributed by atoms with van der Waals surface area (Å²) in [6, 6.07) is 0. The molecular weight excluding hydrogens is 250 g/mol. The Morgan fingerprint density at radius 3 is 2.81 bits per heavy atom. The van der Waals surface area contributed by atoms with Gasteiger partial charge in [-0.15, -0.1) is 11.6 Å². The molecule has 1 rings (SSSR count). The van der Waals surface area contributed by atoms with E-state index in [4.69, 9.17) is 11.6 Å². The predicted octanol–water partition coefficient (Wildman–Crippen LogP) is 2.61. The molecule has 0 aliphatic carbocycles. The first-order valence-electron chi connectivity index (χ1n) is 5.00. The van der Waals surface area contributed by atoms with Crippen LogP contribution in [0.25, 0.3) is 0 Å². The highest BCUT2D eigenvalue weighted by molar-refractivity contribution is 7.99. The molecule has 0 amide bonds. The maximum atomic E-state index is 11.0. The van der Waals surface area contributed by atoms with Gasteiger partial charge in [-0.05, 0) is 6.42 Å². The monoisotopic (exact) mass is 263 g/mol. The molecule has 1 heterocycles. The quantitative estimate of drug-likeness (QED) is 0.343. The summed E-state index contributed by atoms with van der Waals surface area (Å²) in [7, 11) is 1.72. The lowest BCUT2D eigenvalue weighted by Crippen LogP contribution is -1.95. The van der Waals surface area contributed by atoms with E-state index in [0.717, 1.165) is 6.42 Å². The fraction of sp³-hybridized carbons (Fsp3) is 0.667. The second kappa shape index (κ2) is 6.10. The van der Waals surface area contributed by atoms with Crippen molar-refractivity contribution in [3.63, 3.8) is 0 Å². The molecule has 90 valence electrons. The number of nitro groups is 1. The molecule has 1 aromatic rings. The highest BCUT2D eigenvalue weighted by Gasteiger charge is 2.25. The Morgan fingerprint density at radius 2 is 2.31 bits per heavy atom. The van der Waals surface area contributed by atoms with Crippen LogP contribution in [0, 0.1) is 10.1 Å². The fourth-order valence-electron chi connectivity index (χ4n) is 1.44. The van der Waals surface area contributed by atoms with E-state index in [0.29, 0.717) is 28.8 Å². The van der Waals surface area contributed by atoms with E-state index >= 15 is 0 Å². The number of aryl methyl sites for hydroxylation is 2. The second-order valence-corrected chi connectivity index (χ2v) is 4.73. The Morgan fingerprint density at radius 1 is 1.62 bits per heavy atom. The van der Waals surface area contributed by atoms with Crippen LogP contribution in [-0.4, -0.2) is 26.3 Å². The molecular formula is C9H14ClN3O2S. The Balaban J connectivity index is 3.08. The molecule has 0 saturated heterocycles. The van der Waals surface area contributed by atoms with Gasteiger partial charge in [0, 0.05) is 18.7 Å². The topological polar surface area (TPSA) is 61.0 Å². The third-order valence-electron chi connectivity index (χ3n) is 2.03. The van der Waals surface area contributed by atoms with Gasteiger partial charge >= 0.3 is 5.69 Å². The zero-order valence-corrected chi connectivity index (χ0v) is 10.8. The minimum absolute atomic E-state index is 0.138. The lowest BCUT2D eigenvalue weighted by atomic mass is 10.2. The number of hydrogen-bond donors (Lipinski definition) is 0. The zero-order chi connectivity index (χ0) is 12.1. The Hall–Kier alpha value is -0.750. The first kappa shape index (κ1) is 13.3. The summed E-state index contributed by atoms with van der Waals surface area (Å²) in [5.74, 6) is 1.11. The van der Waals surface area contributed by atoms with Crippen LogP contribution in [-0.2, 0) is 13.5 Å². The van der Waals surface area contributed by atoms with Crippen molar-refractivity contribution >= 4 is 29.1 Å². The van der Waals surface area contributed by atoms with Crippen LogP contribution < -0.4 is 0 Å². The summed E-state index contributed by atoms with van der Waals surface area (Å²) in [5, 5.41) is 15.8. The molecule has 0 spiro atoms. The van der Waals surface area contributed by atoms with Crippen molar-refractivity contribution in [1.82, 2.24) is 9.78 Å². The van der Waals surface area contributed by atoms with Crippen molar-refractivity contribution in [1.29, 1.82) is 0 Å². The molecule has 0 atom stereocenters. The highest BCUT2D eigenvalue weighted by atomic mass is 35.5. The lowest BCUT2D eigenvalue weighted by Gasteiger charge is -1.98. The van der Waals surface area contributed by atoms with Crippen LogP contribution in [0.1, 0.15) is 19.0 Å². The second-order valence-electron chi connectivity index (χ2n) is 3.27. The Bertz CT molecular complexity index is 381. The normalized spacial score (nSPS) is 10.7. The number of nitrogens with zero attached hydrogens (tertiary/aromatic N) is 3. The SMILES string of the molecule is CCCc1nn(C)c(SCCCl)c1[N+](=O)[O-]. The summed E-state index contributed by atoms with van der Waals surface area (Å²) in [4.78, 5) is 10.6. The average Bonchev–Trinajstić information content (AvgIpc) is 2.52. The van der Waals surface area contributed by atoms with E-state index in [1.807, 2.05) is 6.92 Å². The number of alkyl halides is 1. The highest BCUT2D eigenvalue weighted by Crippen LogP contribution is 2.32. The molecule has 0 N–H and O–H groups in total. The molecule has 0 saturated carbocycles. The summed E-state index contributed by atoms with van der Waals surface area (Å²) in [6.45, 7) is 1.98. The number of aromatic nitrogens is 2. The van der Waals surface area contributed by atoms with E-state index in [9.17, 15) is 10.1 Å². The van der Waals surface area contributed by atoms with Crippen LogP contribution in [0.5, 0.6) is 0 Å². The maximum absolute atomic E-state index is 11.0. The smallest absolute Gasteiger partial charge is 0.258 e. The standard InChI is InChI=1S/C9H14ClN3O2S/c1-3-4-7-8(13(14)15)9(12(2)11-7)16-6-5-10/h3-6H2,1-2H3. The van der Waals surface area contributed by atoms with E-state index in [1.54, 1.807) is 11.7 Å². The molecule has 0 bridgehead atoms. The molecule has 0 radical (unpaired) electrons.